The zero-order valence-corrected chi connectivity index (χ0v) is 14.9. The van der Waals surface area contributed by atoms with Crippen molar-refractivity contribution in [2.45, 2.75) is 12.0 Å². The summed E-state index contributed by atoms with van der Waals surface area (Å²) in [6.45, 7) is 0. The van der Waals surface area contributed by atoms with Crippen molar-refractivity contribution in [2.75, 3.05) is 12.4 Å². The number of rotatable bonds is 3. The number of amides is 2. The first kappa shape index (κ1) is 16.5. The van der Waals surface area contributed by atoms with Gasteiger partial charge >= 0.3 is 0 Å². The maximum absolute atomic E-state index is 13.2. The number of hydrogen-bond acceptors (Lipinski definition) is 4. The Bertz CT molecular complexity index is 941. The highest BCUT2D eigenvalue weighted by Gasteiger charge is 2.42. The molecule has 0 saturated heterocycles. The Labute approximate surface area is 155 Å². The third-order valence-corrected chi connectivity index (χ3v) is 5.35. The lowest BCUT2D eigenvalue weighted by molar-refractivity contribution is -0.119. The van der Waals surface area contributed by atoms with Gasteiger partial charge in [-0.1, -0.05) is 48.5 Å². The number of thiazole rings is 1. The van der Waals surface area contributed by atoms with Gasteiger partial charge in [-0.05, 0) is 17.2 Å². The molecule has 1 aromatic heterocycles. The van der Waals surface area contributed by atoms with E-state index < -0.39 is 5.92 Å². The summed E-state index contributed by atoms with van der Waals surface area (Å²) in [5.74, 6) is -0.756. The first-order valence-corrected chi connectivity index (χ1v) is 9.16. The number of benzene rings is 2. The molecule has 1 N–H and O–H groups in total. The second-order valence-electron chi connectivity index (χ2n) is 6.16. The Kier molecular flexibility index (Phi) is 4.26. The van der Waals surface area contributed by atoms with Crippen molar-refractivity contribution in [3.63, 3.8) is 0 Å². The molecule has 2 atom stereocenters. The molecule has 130 valence electrons. The van der Waals surface area contributed by atoms with Crippen molar-refractivity contribution < 1.29 is 9.59 Å². The van der Waals surface area contributed by atoms with E-state index in [9.17, 15) is 9.59 Å². The number of anilines is 1. The fourth-order valence-electron chi connectivity index (χ4n) is 3.49. The summed E-state index contributed by atoms with van der Waals surface area (Å²) in [4.78, 5) is 31.9. The monoisotopic (exact) mass is 363 g/mol. The summed E-state index contributed by atoms with van der Waals surface area (Å²) in [6, 6.07) is 16.6. The van der Waals surface area contributed by atoms with Crippen LogP contribution in [0.3, 0.4) is 0 Å². The Morgan fingerprint density at radius 2 is 1.85 bits per heavy atom. The summed E-state index contributed by atoms with van der Waals surface area (Å²) in [7, 11) is 1.75. The van der Waals surface area contributed by atoms with Crippen LogP contribution in [0.25, 0.3) is 0 Å². The molecule has 0 bridgehead atoms. The van der Waals surface area contributed by atoms with Crippen LogP contribution in [0.1, 0.15) is 33.4 Å². The van der Waals surface area contributed by atoms with E-state index in [1.165, 1.54) is 11.3 Å². The molecule has 2 aromatic carbocycles. The first-order valence-electron chi connectivity index (χ1n) is 8.28. The average molecular weight is 363 g/mol. The number of likely N-dealkylation sites (N-methyl/N-ethyl adjacent to an activating group) is 1. The quantitative estimate of drug-likeness (QED) is 0.772. The minimum absolute atomic E-state index is 0.0762. The van der Waals surface area contributed by atoms with E-state index in [2.05, 4.69) is 10.3 Å². The molecular weight excluding hydrogens is 346 g/mol. The van der Waals surface area contributed by atoms with Crippen LogP contribution in [-0.4, -0.2) is 28.7 Å². The number of hydrogen-bond donors (Lipinski definition) is 1. The normalized spacial score (nSPS) is 19.1. The molecular formula is C20H17N3O2S. The molecule has 1 aliphatic heterocycles. The van der Waals surface area contributed by atoms with E-state index in [1.54, 1.807) is 24.2 Å². The number of carbonyl (C=O) groups is 2. The van der Waals surface area contributed by atoms with Crippen LogP contribution in [0.2, 0.25) is 0 Å². The summed E-state index contributed by atoms with van der Waals surface area (Å²) in [6.07, 6.45) is 1.65. The Hall–Kier alpha value is -2.99. The van der Waals surface area contributed by atoms with Crippen LogP contribution < -0.4 is 5.32 Å². The summed E-state index contributed by atoms with van der Waals surface area (Å²) in [5, 5.41) is 5.27. The van der Waals surface area contributed by atoms with Crippen molar-refractivity contribution >= 4 is 28.3 Å². The van der Waals surface area contributed by atoms with Gasteiger partial charge in [-0.25, -0.2) is 4.98 Å². The van der Waals surface area contributed by atoms with Crippen molar-refractivity contribution in [3.8, 4) is 0 Å². The third kappa shape index (κ3) is 2.78. The molecule has 5 nitrogen and oxygen atoms in total. The van der Waals surface area contributed by atoms with Crippen LogP contribution in [0.4, 0.5) is 5.13 Å². The van der Waals surface area contributed by atoms with E-state index in [-0.39, 0.29) is 17.9 Å². The fourth-order valence-corrected chi connectivity index (χ4v) is 4.02. The van der Waals surface area contributed by atoms with Crippen molar-refractivity contribution in [1.82, 2.24) is 9.88 Å². The van der Waals surface area contributed by atoms with Crippen LogP contribution in [-0.2, 0) is 4.79 Å². The number of fused-ring (bicyclic) bond motifs is 1. The zero-order chi connectivity index (χ0) is 18.1. The molecule has 4 rings (SSSR count). The maximum atomic E-state index is 13.2. The largest absolute Gasteiger partial charge is 0.334 e. The van der Waals surface area contributed by atoms with E-state index in [4.69, 9.17) is 0 Å². The zero-order valence-electron chi connectivity index (χ0n) is 14.1. The summed E-state index contributed by atoms with van der Waals surface area (Å²) in [5.41, 5.74) is 2.25. The standard InChI is InChI=1S/C20H17N3O2S/c1-23-17(13-7-3-2-4-8-13)16(18(24)22-20-21-11-12-26-20)14-9-5-6-10-15(14)19(23)25/h2-12,16-17H,1H3,(H,21,22,24)/t16-,17+/m0/s1. The Morgan fingerprint density at radius 3 is 2.58 bits per heavy atom. The van der Waals surface area contributed by atoms with Crippen LogP contribution in [0, 0.1) is 0 Å². The Balaban J connectivity index is 1.83. The highest BCUT2D eigenvalue weighted by Crippen LogP contribution is 2.42. The highest BCUT2D eigenvalue weighted by atomic mass is 32.1. The molecule has 0 aliphatic carbocycles. The summed E-state index contributed by atoms with van der Waals surface area (Å²) >= 11 is 1.37. The molecule has 0 spiro atoms. The number of aromatic nitrogens is 1. The maximum Gasteiger partial charge on any atom is 0.254 e. The van der Waals surface area contributed by atoms with Gasteiger partial charge < -0.3 is 10.2 Å². The van der Waals surface area contributed by atoms with Gasteiger partial charge in [0.05, 0.1) is 12.0 Å². The lowest BCUT2D eigenvalue weighted by atomic mass is 9.79. The van der Waals surface area contributed by atoms with E-state index in [0.29, 0.717) is 10.7 Å². The molecule has 6 heteroatoms. The van der Waals surface area contributed by atoms with Crippen LogP contribution in [0.5, 0.6) is 0 Å². The van der Waals surface area contributed by atoms with Gasteiger partial charge in [-0.2, -0.15) is 0 Å². The van der Waals surface area contributed by atoms with Gasteiger partial charge in [0.2, 0.25) is 5.91 Å². The second kappa shape index (κ2) is 6.72. The third-order valence-electron chi connectivity index (χ3n) is 4.67. The smallest absolute Gasteiger partial charge is 0.254 e. The predicted molar refractivity (Wildman–Crippen MR) is 101 cm³/mol. The van der Waals surface area contributed by atoms with E-state index in [0.717, 1.165) is 11.1 Å². The molecule has 1 aliphatic rings. The average Bonchev–Trinajstić information content (AvgIpc) is 3.18. The van der Waals surface area contributed by atoms with Crippen molar-refractivity contribution in [2.24, 2.45) is 0 Å². The first-order chi connectivity index (χ1) is 12.7. The molecule has 3 aromatic rings. The molecule has 26 heavy (non-hydrogen) atoms. The number of nitrogens with zero attached hydrogens (tertiary/aromatic N) is 2. The minimum atomic E-state index is -0.514. The molecule has 0 unspecified atom stereocenters. The fraction of sp³-hybridized carbons (Fsp3) is 0.150. The van der Waals surface area contributed by atoms with Gasteiger partial charge in [0.25, 0.3) is 5.91 Å². The van der Waals surface area contributed by atoms with Crippen molar-refractivity contribution in [1.29, 1.82) is 0 Å². The molecule has 0 saturated carbocycles. The second-order valence-corrected chi connectivity index (χ2v) is 7.06. The SMILES string of the molecule is CN1C(=O)c2ccccc2[C@H](C(=O)Nc2nccs2)[C@H]1c1ccccc1. The number of nitrogens with one attached hydrogen (secondary N) is 1. The molecule has 0 radical (unpaired) electrons. The van der Waals surface area contributed by atoms with Gasteiger partial charge in [0.1, 0.15) is 0 Å². The number of carbonyl (C=O) groups excluding carboxylic acids is 2. The highest BCUT2D eigenvalue weighted by molar-refractivity contribution is 7.13. The predicted octanol–water partition coefficient (Wildman–Crippen LogP) is 3.69. The minimum Gasteiger partial charge on any atom is -0.334 e. The van der Waals surface area contributed by atoms with Crippen LogP contribution in [0.15, 0.2) is 66.2 Å². The lowest BCUT2D eigenvalue weighted by Crippen LogP contribution is -2.44. The van der Waals surface area contributed by atoms with Crippen LogP contribution >= 0.6 is 11.3 Å². The molecule has 2 amide bonds. The van der Waals surface area contributed by atoms with Gasteiger partial charge in [-0.3, -0.25) is 9.59 Å². The van der Waals surface area contributed by atoms with Gasteiger partial charge in [0, 0.05) is 24.2 Å². The topological polar surface area (TPSA) is 62.3 Å². The van der Waals surface area contributed by atoms with Crippen molar-refractivity contribution in [3.05, 3.63) is 82.9 Å². The Morgan fingerprint density at radius 1 is 1.12 bits per heavy atom. The molecule has 2 heterocycles. The lowest BCUT2D eigenvalue weighted by Gasteiger charge is -2.39. The molecule has 0 fully saturated rings. The van der Waals surface area contributed by atoms with E-state index in [1.807, 2.05) is 53.9 Å². The van der Waals surface area contributed by atoms with Gasteiger partial charge in [-0.15, -0.1) is 11.3 Å². The van der Waals surface area contributed by atoms with Gasteiger partial charge in [0.15, 0.2) is 5.13 Å². The van der Waals surface area contributed by atoms with E-state index >= 15 is 0 Å². The summed E-state index contributed by atoms with van der Waals surface area (Å²) < 4.78 is 0.